The van der Waals surface area contributed by atoms with E-state index in [2.05, 4.69) is 40.6 Å². The monoisotopic (exact) mass is 215 g/mol. The third-order valence-electron chi connectivity index (χ3n) is 3.44. The Kier molecular flexibility index (Phi) is 2.40. The Morgan fingerprint density at radius 1 is 1.44 bits per heavy atom. The van der Waals surface area contributed by atoms with Crippen molar-refractivity contribution in [3.05, 3.63) is 29.5 Å². The van der Waals surface area contributed by atoms with Crippen molar-refractivity contribution in [3.63, 3.8) is 0 Å². The van der Waals surface area contributed by atoms with Crippen molar-refractivity contribution >= 4 is 10.9 Å². The molecule has 1 aliphatic rings. The summed E-state index contributed by atoms with van der Waals surface area (Å²) in [6.45, 7) is 4.44. The second-order valence-electron chi connectivity index (χ2n) is 4.79. The molecule has 16 heavy (non-hydrogen) atoms. The van der Waals surface area contributed by atoms with Crippen LogP contribution in [0.2, 0.25) is 0 Å². The van der Waals surface area contributed by atoms with E-state index in [-0.39, 0.29) is 0 Å². The van der Waals surface area contributed by atoms with Gasteiger partial charge in [0.15, 0.2) is 0 Å². The Morgan fingerprint density at radius 2 is 2.38 bits per heavy atom. The number of H-pyrrole nitrogens is 1. The molecule has 0 amide bonds. The summed E-state index contributed by atoms with van der Waals surface area (Å²) in [6.07, 6.45) is 2.40. The molecule has 1 aromatic heterocycles. The standard InChI is InChI=1S/C13H17N3/c1-9-2-3-12-11(6-9)13(16-15-12)7-10-4-5-14-8-10/h2-3,6,10,14H,4-5,7-8H2,1H3,(H,15,16). The SMILES string of the molecule is Cc1ccc2n[nH]c(CC3CCNC3)c2c1. The second kappa shape index (κ2) is 3.91. The number of rotatable bonds is 2. The molecule has 1 fully saturated rings. The van der Waals surface area contributed by atoms with Gasteiger partial charge in [0.2, 0.25) is 0 Å². The quantitative estimate of drug-likeness (QED) is 0.804. The van der Waals surface area contributed by atoms with Crippen LogP contribution < -0.4 is 5.32 Å². The first-order valence-electron chi connectivity index (χ1n) is 5.97. The lowest BCUT2D eigenvalue weighted by Crippen LogP contribution is -2.11. The van der Waals surface area contributed by atoms with Crippen LogP contribution in [0.25, 0.3) is 10.9 Å². The fourth-order valence-electron chi connectivity index (χ4n) is 2.51. The number of aromatic nitrogens is 2. The summed E-state index contributed by atoms with van der Waals surface area (Å²) in [5, 5.41) is 12.3. The first-order valence-corrected chi connectivity index (χ1v) is 5.97. The van der Waals surface area contributed by atoms with Gasteiger partial charge in [0.25, 0.3) is 0 Å². The Hall–Kier alpha value is -1.35. The first-order chi connectivity index (χ1) is 7.83. The van der Waals surface area contributed by atoms with Gasteiger partial charge in [-0.3, -0.25) is 5.10 Å². The first kappa shape index (κ1) is 9.85. The van der Waals surface area contributed by atoms with Gasteiger partial charge in [-0.2, -0.15) is 5.10 Å². The number of aryl methyl sites for hydroxylation is 1. The van der Waals surface area contributed by atoms with E-state index in [1.165, 1.54) is 23.1 Å². The molecule has 0 aliphatic carbocycles. The van der Waals surface area contributed by atoms with Crippen molar-refractivity contribution in [2.45, 2.75) is 19.8 Å². The van der Waals surface area contributed by atoms with Crippen LogP contribution in [-0.4, -0.2) is 23.3 Å². The van der Waals surface area contributed by atoms with Gasteiger partial charge in [0.05, 0.1) is 5.52 Å². The molecular weight excluding hydrogens is 198 g/mol. The van der Waals surface area contributed by atoms with E-state index in [4.69, 9.17) is 0 Å². The van der Waals surface area contributed by atoms with E-state index in [1.54, 1.807) is 0 Å². The summed E-state index contributed by atoms with van der Waals surface area (Å²) in [4.78, 5) is 0. The number of nitrogens with zero attached hydrogens (tertiary/aromatic N) is 1. The Labute approximate surface area is 95.2 Å². The van der Waals surface area contributed by atoms with Gasteiger partial charge in [0, 0.05) is 11.1 Å². The van der Waals surface area contributed by atoms with Crippen molar-refractivity contribution in [1.29, 1.82) is 0 Å². The molecule has 84 valence electrons. The van der Waals surface area contributed by atoms with Crippen LogP contribution in [0, 0.1) is 12.8 Å². The lowest BCUT2D eigenvalue weighted by molar-refractivity contribution is 0.573. The zero-order chi connectivity index (χ0) is 11.0. The van der Waals surface area contributed by atoms with Gasteiger partial charge in [-0.1, -0.05) is 11.6 Å². The third kappa shape index (κ3) is 1.71. The van der Waals surface area contributed by atoms with Crippen LogP contribution in [-0.2, 0) is 6.42 Å². The zero-order valence-corrected chi connectivity index (χ0v) is 9.59. The van der Waals surface area contributed by atoms with E-state index < -0.39 is 0 Å². The molecule has 1 atom stereocenters. The van der Waals surface area contributed by atoms with Crippen molar-refractivity contribution in [2.24, 2.45) is 5.92 Å². The van der Waals surface area contributed by atoms with E-state index in [0.717, 1.165) is 30.9 Å². The van der Waals surface area contributed by atoms with Gasteiger partial charge in [0.1, 0.15) is 0 Å². The fraction of sp³-hybridized carbons (Fsp3) is 0.462. The molecule has 1 unspecified atom stereocenters. The lowest BCUT2D eigenvalue weighted by atomic mass is 10.00. The molecule has 1 saturated heterocycles. The summed E-state index contributed by atoms with van der Waals surface area (Å²) in [6, 6.07) is 6.44. The normalized spacial score (nSPS) is 20.7. The number of fused-ring (bicyclic) bond motifs is 1. The van der Waals surface area contributed by atoms with Crippen molar-refractivity contribution in [1.82, 2.24) is 15.5 Å². The lowest BCUT2D eigenvalue weighted by Gasteiger charge is -2.06. The number of nitrogens with one attached hydrogen (secondary N) is 2. The summed E-state index contributed by atoms with van der Waals surface area (Å²) >= 11 is 0. The molecular formula is C13H17N3. The van der Waals surface area contributed by atoms with Crippen LogP contribution in [0.3, 0.4) is 0 Å². The molecule has 3 rings (SSSR count). The van der Waals surface area contributed by atoms with Gasteiger partial charge < -0.3 is 5.32 Å². The molecule has 0 spiro atoms. The highest BCUT2D eigenvalue weighted by Crippen LogP contribution is 2.22. The minimum atomic E-state index is 0.768. The van der Waals surface area contributed by atoms with Crippen LogP contribution in [0.1, 0.15) is 17.7 Å². The Balaban J connectivity index is 1.93. The van der Waals surface area contributed by atoms with Crippen LogP contribution in [0.15, 0.2) is 18.2 Å². The van der Waals surface area contributed by atoms with Crippen molar-refractivity contribution in [3.8, 4) is 0 Å². The summed E-state index contributed by atoms with van der Waals surface area (Å²) in [5.41, 5.74) is 3.69. The summed E-state index contributed by atoms with van der Waals surface area (Å²) < 4.78 is 0. The highest BCUT2D eigenvalue weighted by Gasteiger charge is 2.17. The van der Waals surface area contributed by atoms with Crippen molar-refractivity contribution < 1.29 is 0 Å². The molecule has 0 saturated carbocycles. The number of aromatic amines is 1. The number of benzene rings is 1. The minimum absolute atomic E-state index is 0.768. The molecule has 3 heteroatoms. The zero-order valence-electron chi connectivity index (χ0n) is 9.59. The highest BCUT2D eigenvalue weighted by molar-refractivity contribution is 5.82. The maximum Gasteiger partial charge on any atom is 0.0923 e. The topological polar surface area (TPSA) is 40.7 Å². The van der Waals surface area contributed by atoms with E-state index >= 15 is 0 Å². The van der Waals surface area contributed by atoms with Crippen molar-refractivity contribution in [2.75, 3.05) is 13.1 Å². The maximum atomic E-state index is 4.36. The number of hydrogen-bond acceptors (Lipinski definition) is 2. The fourth-order valence-corrected chi connectivity index (χ4v) is 2.51. The molecule has 1 aliphatic heterocycles. The van der Waals surface area contributed by atoms with Crippen LogP contribution in [0.4, 0.5) is 0 Å². The van der Waals surface area contributed by atoms with E-state index in [9.17, 15) is 0 Å². The molecule has 2 aromatic rings. The average molecular weight is 215 g/mol. The molecule has 0 bridgehead atoms. The largest absolute Gasteiger partial charge is 0.316 e. The van der Waals surface area contributed by atoms with Crippen LogP contribution >= 0.6 is 0 Å². The second-order valence-corrected chi connectivity index (χ2v) is 4.79. The Morgan fingerprint density at radius 3 is 3.19 bits per heavy atom. The van der Waals surface area contributed by atoms with Gasteiger partial charge in [-0.15, -0.1) is 0 Å². The van der Waals surface area contributed by atoms with Crippen LogP contribution in [0.5, 0.6) is 0 Å². The molecule has 2 N–H and O–H groups in total. The van der Waals surface area contributed by atoms with Gasteiger partial charge in [-0.05, 0) is 50.9 Å². The predicted octanol–water partition coefficient (Wildman–Crippen LogP) is 2.02. The third-order valence-corrected chi connectivity index (χ3v) is 3.44. The van der Waals surface area contributed by atoms with E-state index in [0.29, 0.717) is 0 Å². The molecule has 1 aromatic carbocycles. The Bertz CT molecular complexity index is 495. The molecule has 2 heterocycles. The molecule has 0 radical (unpaired) electrons. The predicted molar refractivity (Wildman–Crippen MR) is 65.5 cm³/mol. The van der Waals surface area contributed by atoms with Gasteiger partial charge in [-0.25, -0.2) is 0 Å². The summed E-state index contributed by atoms with van der Waals surface area (Å²) in [7, 11) is 0. The highest BCUT2D eigenvalue weighted by atomic mass is 15.1. The van der Waals surface area contributed by atoms with Gasteiger partial charge >= 0.3 is 0 Å². The summed E-state index contributed by atoms with van der Waals surface area (Å²) in [5.74, 6) is 0.768. The number of hydrogen-bond donors (Lipinski definition) is 2. The minimum Gasteiger partial charge on any atom is -0.316 e. The average Bonchev–Trinajstić information content (AvgIpc) is 2.90. The maximum absolute atomic E-state index is 4.36. The smallest absolute Gasteiger partial charge is 0.0923 e. The van der Waals surface area contributed by atoms with E-state index in [1.807, 2.05) is 0 Å². The molecule has 3 nitrogen and oxygen atoms in total.